The molecule has 0 spiro atoms. The Morgan fingerprint density at radius 2 is 2.53 bits per heavy atom. The molecule has 1 atom stereocenters. The lowest BCUT2D eigenvalue weighted by Crippen LogP contribution is -2.22. The van der Waals surface area contributed by atoms with E-state index in [4.69, 9.17) is 10.5 Å². The average Bonchev–Trinajstić information content (AvgIpc) is 3.02. The van der Waals surface area contributed by atoms with Crippen molar-refractivity contribution >= 4 is 27.9 Å². The molecule has 1 aliphatic heterocycles. The van der Waals surface area contributed by atoms with Gasteiger partial charge in [-0.25, -0.2) is 0 Å². The summed E-state index contributed by atoms with van der Waals surface area (Å²) in [5.41, 5.74) is 6.37. The number of carbonyl (C=O) groups is 1. The number of rotatable bonds is 6. The maximum absolute atomic E-state index is 11.8. The van der Waals surface area contributed by atoms with Crippen LogP contribution in [0.2, 0.25) is 0 Å². The fourth-order valence-electron chi connectivity index (χ4n) is 1.90. The van der Waals surface area contributed by atoms with Crippen LogP contribution in [-0.4, -0.2) is 32.2 Å². The molecule has 1 aliphatic rings. The van der Waals surface area contributed by atoms with Crippen molar-refractivity contribution in [2.45, 2.75) is 6.42 Å². The van der Waals surface area contributed by atoms with E-state index in [1.54, 1.807) is 6.08 Å². The van der Waals surface area contributed by atoms with Crippen molar-refractivity contribution in [1.29, 1.82) is 0 Å². The molecule has 1 fully saturated rings. The highest BCUT2D eigenvalue weighted by Crippen LogP contribution is 2.29. The Kier molecular flexibility index (Phi) is 4.81. The predicted molar refractivity (Wildman–Crippen MR) is 78.7 cm³/mol. The molecule has 4 N–H and O–H groups in total. The highest BCUT2D eigenvalue weighted by atomic mass is 32.1. The number of nitrogen functional groups attached to an aromatic ring is 1. The van der Waals surface area contributed by atoms with Crippen LogP contribution < -0.4 is 16.4 Å². The average molecular weight is 281 g/mol. The largest absolute Gasteiger partial charge is 0.397 e. The van der Waals surface area contributed by atoms with Crippen LogP contribution in [0.4, 0.5) is 10.7 Å². The third-order valence-electron chi connectivity index (χ3n) is 2.96. The summed E-state index contributed by atoms with van der Waals surface area (Å²) in [6.45, 7) is 6.51. The predicted octanol–water partition coefficient (Wildman–Crippen LogP) is 1.69. The standard InChI is InChI=1S/C13H19N3O2S/c1-2-4-15-13(17)12-10(14)6-11(19-12)16-7-9-3-5-18-8-9/h2,6,9,16H,1,3-5,7-8,14H2,(H,15,17). The monoisotopic (exact) mass is 281 g/mol. The van der Waals surface area contributed by atoms with Gasteiger partial charge in [-0.2, -0.15) is 0 Å². The fourth-order valence-corrected chi connectivity index (χ4v) is 2.81. The van der Waals surface area contributed by atoms with Gasteiger partial charge in [-0.3, -0.25) is 4.79 Å². The second kappa shape index (κ2) is 6.58. The first-order valence-electron chi connectivity index (χ1n) is 6.30. The Labute approximate surface area is 116 Å². The van der Waals surface area contributed by atoms with Crippen LogP contribution in [0.3, 0.4) is 0 Å². The molecule has 19 heavy (non-hydrogen) atoms. The molecule has 1 aromatic heterocycles. The highest BCUT2D eigenvalue weighted by Gasteiger charge is 2.17. The van der Waals surface area contributed by atoms with Crippen LogP contribution in [0.15, 0.2) is 18.7 Å². The molecule has 5 nitrogen and oxygen atoms in total. The first-order chi connectivity index (χ1) is 9.20. The number of hydrogen-bond acceptors (Lipinski definition) is 5. The Morgan fingerprint density at radius 1 is 1.68 bits per heavy atom. The lowest BCUT2D eigenvalue weighted by molar-refractivity contribution is 0.0963. The molecule has 2 rings (SSSR count). The van der Waals surface area contributed by atoms with Crippen molar-refractivity contribution in [3.05, 3.63) is 23.6 Å². The van der Waals surface area contributed by atoms with E-state index in [-0.39, 0.29) is 5.91 Å². The number of anilines is 2. The van der Waals surface area contributed by atoms with E-state index in [1.165, 1.54) is 11.3 Å². The van der Waals surface area contributed by atoms with Gasteiger partial charge in [0.2, 0.25) is 0 Å². The summed E-state index contributed by atoms with van der Waals surface area (Å²) in [6, 6.07) is 1.81. The third kappa shape index (κ3) is 3.71. The van der Waals surface area contributed by atoms with Gasteiger partial charge in [0.05, 0.1) is 17.3 Å². The van der Waals surface area contributed by atoms with Gasteiger partial charge in [-0.1, -0.05) is 6.08 Å². The lowest BCUT2D eigenvalue weighted by Gasteiger charge is -2.08. The number of carbonyl (C=O) groups excluding carboxylic acids is 1. The molecule has 1 saturated heterocycles. The summed E-state index contributed by atoms with van der Waals surface area (Å²) in [7, 11) is 0. The normalized spacial score (nSPS) is 18.2. The summed E-state index contributed by atoms with van der Waals surface area (Å²) in [5.74, 6) is 0.390. The van der Waals surface area contributed by atoms with E-state index in [2.05, 4.69) is 17.2 Å². The number of hydrogen-bond donors (Lipinski definition) is 3. The van der Waals surface area contributed by atoms with Crippen LogP contribution >= 0.6 is 11.3 Å². The van der Waals surface area contributed by atoms with Gasteiger partial charge in [-0.15, -0.1) is 17.9 Å². The highest BCUT2D eigenvalue weighted by molar-refractivity contribution is 7.18. The van der Waals surface area contributed by atoms with Gasteiger partial charge < -0.3 is 21.1 Å². The summed E-state index contributed by atoms with van der Waals surface area (Å²) in [6.07, 6.45) is 2.72. The minimum Gasteiger partial charge on any atom is -0.397 e. The van der Waals surface area contributed by atoms with Crippen molar-refractivity contribution < 1.29 is 9.53 Å². The maximum atomic E-state index is 11.8. The van der Waals surface area contributed by atoms with Crippen LogP contribution in [0, 0.1) is 5.92 Å². The van der Waals surface area contributed by atoms with E-state index in [9.17, 15) is 4.79 Å². The zero-order valence-corrected chi connectivity index (χ0v) is 11.6. The zero-order valence-electron chi connectivity index (χ0n) is 10.8. The molecular formula is C13H19N3O2S. The molecule has 104 valence electrons. The topological polar surface area (TPSA) is 76.4 Å². The lowest BCUT2D eigenvalue weighted by atomic mass is 10.1. The maximum Gasteiger partial charge on any atom is 0.263 e. The summed E-state index contributed by atoms with van der Waals surface area (Å²) >= 11 is 1.38. The summed E-state index contributed by atoms with van der Waals surface area (Å²) in [5, 5.41) is 6.97. The minimum atomic E-state index is -0.153. The Morgan fingerprint density at radius 3 is 3.21 bits per heavy atom. The van der Waals surface area contributed by atoms with E-state index in [0.717, 1.165) is 31.2 Å². The van der Waals surface area contributed by atoms with Gasteiger partial charge in [0.25, 0.3) is 5.91 Å². The van der Waals surface area contributed by atoms with E-state index < -0.39 is 0 Å². The van der Waals surface area contributed by atoms with Crippen LogP contribution in [0.5, 0.6) is 0 Å². The van der Waals surface area contributed by atoms with Crippen LogP contribution in [0.25, 0.3) is 0 Å². The molecule has 2 heterocycles. The first-order valence-corrected chi connectivity index (χ1v) is 7.12. The summed E-state index contributed by atoms with van der Waals surface area (Å²) < 4.78 is 5.32. The molecular weight excluding hydrogens is 262 g/mol. The minimum absolute atomic E-state index is 0.153. The third-order valence-corrected chi connectivity index (χ3v) is 4.07. The van der Waals surface area contributed by atoms with Gasteiger partial charge in [0.1, 0.15) is 4.88 Å². The quantitative estimate of drug-likeness (QED) is 0.694. The van der Waals surface area contributed by atoms with Gasteiger partial charge in [-0.05, 0) is 12.5 Å². The molecule has 1 aromatic rings. The van der Waals surface area contributed by atoms with Crippen molar-refractivity contribution in [2.75, 3.05) is 37.4 Å². The molecule has 1 amide bonds. The van der Waals surface area contributed by atoms with Crippen molar-refractivity contribution in [3.63, 3.8) is 0 Å². The number of amides is 1. The number of thiophene rings is 1. The van der Waals surface area contributed by atoms with Gasteiger partial charge in [0, 0.05) is 25.6 Å². The van der Waals surface area contributed by atoms with Crippen LogP contribution in [0.1, 0.15) is 16.1 Å². The number of nitrogens with one attached hydrogen (secondary N) is 2. The van der Waals surface area contributed by atoms with Crippen molar-refractivity contribution in [1.82, 2.24) is 5.32 Å². The van der Waals surface area contributed by atoms with Crippen molar-refractivity contribution in [2.24, 2.45) is 5.92 Å². The molecule has 0 bridgehead atoms. The fraction of sp³-hybridized carbons (Fsp3) is 0.462. The smallest absolute Gasteiger partial charge is 0.263 e. The van der Waals surface area contributed by atoms with E-state index in [1.807, 2.05) is 6.07 Å². The van der Waals surface area contributed by atoms with Crippen LogP contribution in [-0.2, 0) is 4.74 Å². The molecule has 6 heteroatoms. The first kappa shape index (κ1) is 13.9. The van der Waals surface area contributed by atoms with E-state index in [0.29, 0.717) is 23.0 Å². The second-order valence-electron chi connectivity index (χ2n) is 4.50. The Bertz CT molecular complexity index is 453. The summed E-state index contributed by atoms with van der Waals surface area (Å²) in [4.78, 5) is 12.4. The van der Waals surface area contributed by atoms with Gasteiger partial charge >= 0.3 is 0 Å². The van der Waals surface area contributed by atoms with Crippen molar-refractivity contribution in [3.8, 4) is 0 Å². The number of ether oxygens (including phenoxy) is 1. The molecule has 0 aromatic carbocycles. The molecule has 0 aliphatic carbocycles. The Hall–Kier alpha value is -1.53. The molecule has 0 radical (unpaired) electrons. The zero-order chi connectivity index (χ0) is 13.7. The SMILES string of the molecule is C=CCNC(=O)c1sc(NCC2CCOC2)cc1N. The number of nitrogens with two attached hydrogens (primary N) is 1. The second-order valence-corrected chi connectivity index (χ2v) is 5.56. The molecule has 0 saturated carbocycles. The van der Waals surface area contributed by atoms with Gasteiger partial charge in [0.15, 0.2) is 0 Å². The van der Waals surface area contributed by atoms with E-state index >= 15 is 0 Å². The Balaban J connectivity index is 1.91. The molecule has 1 unspecified atom stereocenters.